The molecule has 0 aliphatic heterocycles. The van der Waals surface area contributed by atoms with Crippen LogP contribution < -0.4 is 15.8 Å². The molecule has 1 aliphatic rings. The van der Waals surface area contributed by atoms with E-state index in [2.05, 4.69) is 53.3 Å². The maximum absolute atomic E-state index is 11.0. The van der Waals surface area contributed by atoms with Gasteiger partial charge in [-0.25, -0.2) is 0 Å². The van der Waals surface area contributed by atoms with E-state index in [0.717, 1.165) is 25.9 Å². The number of carbonyl (C=O) groups is 1. The lowest BCUT2D eigenvalue weighted by atomic mass is 9.87. The average Bonchev–Trinajstić information content (AvgIpc) is 3.21. The fourth-order valence-electron chi connectivity index (χ4n) is 5.32. The second-order valence-corrected chi connectivity index (χ2v) is 9.32. The summed E-state index contributed by atoms with van der Waals surface area (Å²) >= 11 is 0. The third-order valence-electron chi connectivity index (χ3n) is 6.98. The van der Waals surface area contributed by atoms with Crippen LogP contribution in [0.1, 0.15) is 73.6 Å². The summed E-state index contributed by atoms with van der Waals surface area (Å²) in [5.41, 5.74) is 10.8. The number of hydrogen-bond acceptors (Lipinski definition) is 4. The van der Waals surface area contributed by atoms with Crippen LogP contribution in [0.25, 0.3) is 10.9 Å². The summed E-state index contributed by atoms with van der Waals surface area (Å²) < 4.78 is 7.74. The number of benzene rings is 2. The molecule has 1 heterocycles. The van der Waals surface area contributed by atoms with Crippen molar-refractivity contribution >= 4 is 17.4 Å². The van der Waals surface area contributed by atoms with Crippen LogP contribution in [0.2, 0.25) is 0 Å². The molecule has 0 radical (unpaired) electrons. The molecule has 0 amide bonds. The Labute approximate surface area is 197 Å². The molecule has 2 aromatic carbocycles. The maximum atomic E-state index is 11.0. The van der Waals surface area contributed by atoms with Gasteiger partial charge in [0.15, 0.2) is 0 Å². The van der Waals surface area contributed by atoms with E-state index in [-0.39, 0.29) is 5.92 Å². The topological polar surface area (TPSA) is 69.3 Å². The zero-order valence-corrected chi connectivity index (χ0v) is 19.8. The first kappa shape index (κ1) is 23.5. The van der Waals surface area contributed by atoms with Gasteiger partial charge >= 0.3 is 0 Å². The standard InChI is InChI=1S/C28H37N3O2/c1-21-7-5-8-22(17-21)25(13-16-30-15-6-14-29)27-19-31(23-9-3-2-4-10-23)28-12-11-24(33-20-32)18-26(27)28/h5,7-8,11-12,17-20,23,25,30H,2-4,6,9-10,13-16,29H2,1H3. The summed E-state index contributed by atoms with van der Waals surface area (Å²) in [5, 5.41) is 4.75. The first-order chi connectivity index (χ1) is 16.2. The molecule has 5 nitrogen and oxygen atoms in total. The van der Waals surface area contributed by atoms with E-state index in [1.54, 1.807) is 0 Å². The monoisotopic (exact) mass is 447 g/mol. The van der Waals surface area contributed by atoms with E-state index in [9.17, 15) is 4.79 Å². The number of aromatic nitrogens is 1. The number of nitrogens with one attached hydrogen (secondary N) is 1. The van der Waals surface area contributed by atoms with Gasteiger partial charge < -0.3 is 20.4 Å². The van der Waals surface area contributed by atoms with Gasteiger partial charge in [-0.15, -0.1) is 0 Å². The molecule has 5 heteroatoms. The van der Waals surface area contributed by atoms with Crippen molar-refractivity contribution < 1.29 is 9.53 Å². The van der Waals surface area contributed by atoms with Crippen molar-refractivity contribution in [2.75, 3.05) is 19.6 Å². The summed E-state index contributed by atoms with van der Waals surface area (Å²) in [6.07, 6.45) is 10.7. The van der Waals surface area contributed by atoms with E-state index < -0.39 is 0 Å². The fraction of sp³-hybridized carbons (Fsp3) is 0.464. The number of rotatable bonds is 11. The van der Waals surface area contributed by atoms with E-state index in [1.165, 1.54) is 59.7 Å². The smallest absolute Gasteiger partial charge is 0.298 e. The third-order valence-corrected chi connectivity index (χ3v) is 6.98. The van der Waals surface area contributed by atoms with Gasteiger partial charge in [-0.05, 0) is 81.6 Å². The number of nitrogens with zero attached hydrogens (tertiary/aromatic N) is 1. The minimum atomic E-state index is 0.258. The number of carbonyl (C=O) groups excluding carboxylic acids is 1. The van der Waals surface area contributed by atoms with Crippen LogP contribution >= 0.6 is 0 Å². The van der Waals surface area contributed by atoms with Gasteiger partial charge in [0.05, 0.1) is 0 Å². The van der Waals surface area contributed by atoms with E-state index in [1.807, 2.05) is 12.1 Å². The number of fused-ring (bicyclic) bond motifs is 1. The molecule has 176 valence electrons. The van der Waals surface area contributed by atoms with Gasteiger partial charge in [-0.3, -0.25) is 4.79 Å². The normalized spacial score (nSPS) is 15.6. The van der Waals surface area contributed by atoms with Crippen LogP contribution in [0.4, 0.5) is 0 Å². The largest absolute Gasteiger partial charge is 0.429 e. The lowest BCUT2D eigenvalue weighted by Crippen LogP contribution is -2.21. The number of hydrogen-bond donors (Lipinski definition) is 2. The van der Waals surface area contributed by atoms with Gasteiger partial charge in [0.25, 0.3) is 6.47 Å². The first-order valence-electron chi connectivity index (χ1n) is 12.4. The predicted octanol–water partition coefficient (Wildman–Crippen LogP) is 5.45. The quantitative estimate of drug-likeness (QED) is 0.303. The second kappa shape index (κ2) is 11.5. The van der Waals surface area contributed by atoms with Crippen LogP contribution in [0.15, 0.2) is 48.7 Å². The van der Waals surface area contributed by atoms with Crippen molar-refractivity contribution in [2.45, 2.75) is 63.8 Å². The average molecular weight is 448 g/mol. The molecule has 1 aliphatic carbocycles. The van der Waals surface area contributed by atoms with Gasteiger partial charge in [0.1, 0.15) is 5.75 Å². The Balaban J connectivity index is 1.77. The Morgan fingerprint density at radius 1 is 1.15 bits per heavy atom. The fourth-order valence-corrected chi connectivity index (χ4v) is 5.32. The van der Waals surface area contributed by atoms with Crippen molar-refractivity contribution in [2.24, 2.45) is 5.73 Å². The molecule has 0 saturated heterocycles. The Bertz CT molecular complexity index is 1050. The van der Waals surface area contributed by atoms with Gasteiger partial charge in [0.2, 0.25) is 0 Å². The number of aryl methyl sites for hydroxylation is 1. The molecule has 0 spiro atoms. The van der Waals surface area contributed by atoms with Crippen molar-refractivity contribution in [1.82, 2.24) is 9.88 Å². The van der Waals surface area contributed by atoms with E-state index in [4.69, 9.17) is 10.5 Å². The van der Waals surface area contributed by atoms with E-state index in [0.29, 0.717) is 24.8 Å². The van der Waals surface area contributed by atoms with E-state index >= 15 is 0 Å². The molecule has 1 fully saturated rings. The molecule has 1 unspecified atom stereocenters. The van der Waals surface area contributed by atoms with Crippen LogP contribution in [-0.2, 0) is 4.79 Å². The van der Waals surface area contributed by atoms with Gasteiger partial charge in [-0.2, -0.15) is 0 Å². The van der Waals surface area contributed by atoms with Crippen molar-refractivity contribution in [3.05, 3.63) is 65.4 Å². The molecule has 4 rings (SSSR count). The lowest BCUT2D eigenvalue weighted by molar-refractivity contribution is -0.120. The highest BCUT2D eigenvalue weighted by Gasteiger charge is 2.24. The highest BCUT2D eigenvalue weighted by atomic mass is 16.5. The molecule has 1 saturated carbocycles. The Morgan fingerprint density at radius 3 is 2.76 bits per heavy atom. The number of ether oxygens (including phenoxy) is 1. The molecular weight excluding hydrogens is 410 g/mol. The zero-order valence-electron chi connectivity index (χ0n) is 19.8. The Morgan fingerprint density at radius 2 is 2.00 bits per heavy atom. The van der Waals surface area contributed by atoms with Crippen molar-refractivity contribution in [3.63, 3.8) is 0 Å². The van der Waals surface area contributed by atoms with Crippen LogP contribution in [-0.4, -0.2) is 30.7 Å². The molecule has 1 aromatic heterocycles. The summed E-state index contributed by atoms with van der Waals surface area (Å²) in [5.74, 6) is 0.860. The maximum Gasteiger partial charge on any atom is 0.298 e. The lowest BCUT2D eigenvalue weighted by Gasteiger charge is -2.24. The molecule has 1 atom stereocenters. The summed E-state index contributed by atoms with van der Waals surface area (Å²) in [6, 6.07) is 15.5. The van der Waals surface area contributed by atoms with Crippen molar-refractivity contribution in [3.8, 4) is 5.75 Å². The van der Waals surface area contributed by atoms with Crippen molar-refractivity contribution in [1.29, 1.82) is 0 Å². The highest BCUT2D eigenvalue weighted by molar-refractivity contribution is 5.87. The van der Waals surface area contributed by atoms with Crippen LogP contribution in [0, 0.1) is 6.92 Å². The molecular formula is C28H37N3O2. The molecule has 0 bridgehead atoms. The first-order valence-corrected chi connectivity index (χ1v) is 12.4. The minimum absolute atomic E-state index is 0.258. The highest BCUT2D eigenvalue weighted by Crippen LogP contribution is 2.40. The van der Waals surface area contributed by atoms with Crippen LogP contribution in [0.5, 0.6) is 5.75 Å². The Hall–Kier alpha value is -2.63. The predicted molar refractivity (Wildman–Crippen MR) is 135 cm³/mol. The second-order valence-electron chi connectivity index (χ2n) is 9.32. The summed E-state index contributed by atoms with van der Waals surface area (Å²) in [6.45, 7) is 5.25. The Kier molecular flexibility index (Phi) is 8.19. The SMILES string of the molecule is Cc1cccc(C(CCNCCCN)c2cn(C3CCCCC3)c3ccc(OC=O)cc23)c1. The van der Waals surface area contributed by atoms with Gasteiger partial charge in [0, 0.05) is 29.1 Å². The third kappa shape index (κ3) is 5.66. The zero-order chi connectivity index (χ0) is 23.0. The van der Waals surface area contributed by atoms with Crippen LogP contribution in [0.3, 0.4) is 0 Å². The molecule has 33 heavy (non-hydrogen) atoms. The summed E-state index contributed by atoms with van der Waals surface area (Å²) in [4.78, 5) is 11.0. The number of nitrogens with two attached hydrogens (primary N) is 1. The molecule has 3 N–H and O–H groups in total. The summed E-state index contributed by atoms with van der Waals surface area (Å²) in [7, 11) is 0. The molecule has 3 aromatic rings. The van der Waals surface area contributed by atoms with Gasteiger partial charge in [-0.1, -0.05) is 49.1 Å². The minimum Gasteiger partial charge on any atom is -0.429 e.